The summed E-state index contributed by atoms with van der Waals surface area (Å²) in [5.41, 5.74) is 9.53. The number of aromatic nitrogens is 4. The van der Waals surface area contributed by atoms with Gasteiger partial charge in [-0.1, -0.05) is 37.1 Å². The van der Waals surface area contributed by atoms with Crippen molar-refractivity contribution >= 4 is 63.6 Å². The van der Waals surface area contributed by atoms with Gasteiger partial charge in [0.2, 0.25) is 11.1 Å². The highest BCUT2D eigenvalue weighted by Gasteiger charge is 2.37. The summed E-state index contributed by atoms with van der Waals surface area (Å²) in [6.45, 7) is 19.0. The highest BCUT2D eigenvalue weighted by atomic mass is 32.2. The maximum Gasteiger partial charge on any atom is 0.328 e. The molecule has 1 atom stereocenters. The number of fused-ring (bicyclic) bond motifs is 2. The molecule has 0 aliphatic carbocycles. The third-order valence-corrected chi connectivity index (χ3v) is 15.3. The molecular weight excluding hydrogens is 1120 g/mol. The van der Waals surface area contributed by atoms with Crippen LogP contribution in [-0.2, 0) is 23.9 Å². The number of urea groups is 2. The quantitative estimate of drug-likeness (QED) is 0.0416. The molecular formula is C61H74F4N14O5S. The molecule has 6 aromatic rings. The van der Waals surface area contributed by atoms with E-state index in [-0.39, 0.29) is 59.7 Å². The molecule has 0 saturated carbocycles. The number of amides is 6. The van der Waals surface area contributed by atoms with Crippen molar-refractivity contribution in [3.05, 3.63) is 129 Å². The summed E-state index contributed by atoms with van der Waals surface area (Å²) in [5, 5.41) is 14.2. The van der Waals surface area contributed by atoms with Crippen LogP contribution < -0.4 is 42.1 Å². The van der Waals surface area contributed by atoms with Gasteiger partial charge in [0.1, 0.15) is 34.6 Å². The Labute approximate surface area is 495 Å². The Morgan fingerprint density at radius 3 is 1.46 bits per heavy atom. The van der Waals surface area contributed by atoms with Crippen molar-refractivity contribution in [3.63, 3.8) is 0 Å². The van der Waals surface area contributed by atoms with Crippen LogP contribution in [0.2, 0.25) is 0 Å². The number of benzene rings is 4. The molecule has 4 aliphatic rings. The molecule has 85 heavy (non-hydrogen) atoms. The molecule has 6 amide bonds. The fourth-order valence-electron chi connectivity index (χ4n) is 10.4. The minimum absolute atomic E-state index is 0.0332. The molecule has 6 heterocycles. The number of carbonyl (C=O) groups excluding carboxylic acids is 4. The Morgan fingerprint density at radius 2 is 1.04 bits per heavy atom. The third-order valence-electron chi connectivity index (χ3n) is 14.6. The smallest absolute Gasteiger partial charge is 0.328 e. The molecule has 2 fully saturated rings. The molecule has 4 aliphatic heterocycles. The average molecular weight is 1190 g/mol. The summed E-state index contributed by atoms with van der Waals surface area (Å²) < 4.78 is 71.7. The number of aryl methyl sites for hydroxylation is 2. The summed E-state index contributed by atoms with van der Waals surface area (Å²) in [7, 11) is -1.68. The highest BCUT2D eigenvalue weighted by Crippen LogP contribution is 2.41. The first-order valence-electron chi connectivity index (χ1n) is 28.7. The van der Waals surface area contributed by atoms with E-state index in [9.17, 15) is 40.9 Å². The van der Waals surface area contributed by atoms with Gasteiger partial charge >= 0.3 is 12.1 Å². The molecule has 24 heteroatoms. The molecule has 1 unspecified atom stereocenters. The molecule has 0 bridgehead atoms. The van der Waals surface area contributed by atoms with Crippen LogP contribution in [0.5, 0.6) is 0 Å². The van der Waals surface area contributed by atoms with Crippen molar-refractivity contribution in [3.8, 4) is 22.5 Å². The second kappa shape index (κ2) is 28.8. The van der Waals surface area contributed by atoms with E-state index in [1.807, 2.05) is 47.6 Å². The number of para-hydroxylation sites is 2. The lowest BCUT2D eigenvalue weighted by Crippen LogP contribution is -2.43. The number of likely N-dealkylation sites (tertiary alicyclic amines) is 2. The predicted octanol–water partition coefficient (Wildman–Crippen LogP) is 9.53. The molecule has 19 nitrogen and oxygen atoms in total. The van der Waals surface area contributed by atoms with Gasteiger partial charge in [0.15, 0.2) is 11.6 Å². The van der Waals surface area contributed by atoms with E-state index in [1.165, 1.54) is 57.2 Å². The normalized spacial score (nSPS) is 15.6. The Kier molecular flexibility index (Phi) is 21.4. The van der Waals surface area contributed by atoms with Crippen LogP contribution in [0.25, 0.3) is 22.5 Å². The zero-order chi connectivity index (χ0) is 61.1. The molecule has 4 aromatic carbocycles. The Hall–Kier alpha value is -7.93. The summed E-state index contributed by atoms with van der Waals surface area (Å²) >= 11 is 0. The van der Waals surface area contributed by atoms with E-state index in [0.29, 0.717) is 51.3 Å². The van der Waals surface area contributed by atoms with Gasteiger partial charge in [-0.15, -0.1) is 0 Å². The van der Waals surface area contributed by atoms with Crippen molar-refractivity contribution in [2.24, 2.45) is 5.73 Å². The molecule has 452 valence electrons. The third kappa shape index (κ3) is 15.3. The van der Waals surface area contributed by atoms with Gasteiger partial charge < -0.3 is 42.1 Å². The van der Waals surface area contributed by atoms with Crippen LogP contribution in [-0.4, -0.2) is 129 Å². The van der Waals surface area contributed by atoms with Gasteiger partial charge in [-0.2, -0.15) is 4.98 Å². The number of hydrogen-bond donors (Lipinski definition) is 6. The SMILES string of the molecule is Cc1ccc(C(=O)NC(C)C)cc1-c1nc(NCCN2CCCCC2)nc2c1CNC(=O)N2c1c(F)cccc1F.Cc1ccc(C(=O)NC(C)C)cc1-c1nc(S(C)=O)nc2c1CNC(=O)N2c1c(F)cccc1F.NCCN1CCCCC1. The number of nitrogens with one attached hydrogen (secondary N) is 5. The van der Waals surface area contributed by atoms with Crippen molar-refractivity contribution in [1.29, 1.82) is 0 Å². The van der Waals surface area contributed by atoms with Crippen LogP contribution in [0.15, 0.2) is 78.0 Å². The minimum Gasteiger partial charge on any atom is -0.353 e. The van der Waals surface area contributed by atoms with Crippen LogP contribution in [0.4, 0.5) is 56.1 Å². The number of piperidine rings is 2. The van der Waals surface area contributed by atoms with E-state index in [4.69, 9.17) is 10.7 Å². The number of nitrogens with zero attached hydrogens (tertiary/aromatic N) is 8. The van der Waals surface area contributed by atoms with Gasteiger partial charge in [0.05, 0.1) is 35.3 Å². The van der Waals surface area contributed by atoms with Gasteiger partial charge in [0, 0.05) is 77.9 Å². The fourth-order valence-corrected chi connectivity index (χ4v) is 10.8. The zero-order valence-corrected chi connectivity index (χ0v) is 49.8. The van der Waals surface area contributed by atoms with Crippen molar-refractivity contribution in [2.75, 3.05) is 73.7 Å². The summed E-state index contributed by atoms with van der Waals surface area (Å²) in [6, 6.07) is 15.5. The molecule has 2 aromatic heterocycles. The standard InChI is InChI=1S/C30H35F2N7O2.C24H23F2N5O3S.C7H16N2/c1-18(2)35-28(40)20-11-10-19(3)21(16-20)25-22-17-34-30(41)39(26-23(31)8-7-9-24(26)32)27(22)37-29(36-25)33-12-15-38-13-5-4-6-14-38;1-12(2)28-22(32)14-9-8-13(3)15(10-14)19-16-11-27-24(33)31(20-17(25)6-5-7-18(20)26)21(16)30-23(29-19)35(4)34;8-4-7-9-5-2-1-3-6-9/h7-11,16,18H,4-6,12-15,17H2,1-3H3,(H,34,41)(H,35,40)(H,33,36,37);5-10,12H,11H2,1-4H3,(H,27,33)(H,28,32);1-8H2. The number of nitrogens with two attached hydrogens (primary N) is 1. The Bertz CT molecular complexity index is 3410. The monoisotopic (exact) mass is 1190 g/mol. The Balaban J connectivity index is 0.000000194. The molecule has 0 radical (unpaired) electrons. The van der Waals surface area contributed by atoms with Crippen LogP contribution in [0.3, 0.4) is 0 Å². The number of hydrogen-bond acceptors (Lipinski definition) is 13. The van der Waals surface area contributed by atoms with Crippen LogP contribution in [0.1, 0.15) is 109 Å². The molecule has 10 rings (SSSR count). The van der Waals surface area contributed by atoms with E-state index < -0.39 is 57.5 Å². The molecule has 7 N–H and O–H groups in total. The lowest BCUT2D eigenvalue weighted by molar-refractivity contribution is 0.0934. The second-order valence-electron chi connectivity index (χ2n) is 21.8. The van der Waals surface area contributed by atoms with Gasteiger partial charge in [0.25, 0.3) is 11.8 Å². The number of carbonyl (C=O) groups is 4. The average Bonchev–Trinajstić information content (AvgIpc) is 1.66. The summed E-state index contributed by atoms with van der Waals surface area (Å²) in [4.78, 5) is 76.0. The number of anilines is 5. The van der Waals surface area contributed by atoms with Crippen molar-refractivity contribution in [2.45, 2.75) is 110 Å². The lowest BCUT2D eigenvalue weighted by atomic mass is 9.97. The first kappa shape index (κ1) is 63.1. The topological polar surface area (TPSA) is 236 Å². The summed E-state index contributed by atoms with van der Waals surface area (Å²) in [6.07, 6.45) is 9.09. The van der Waals surface area contributed by atoms with E-state index in [1.54, 1.807) is 30.3 Å². The minimum atomic E-state index is -1.68. The largest absolute Gasteiger partial charge is 0.353 e. The molecule has 2 saturated heterocycles. The van der Waals surface area contributed by atoms with E-state index in [0.717, 1.165) is 90.8 Å². The van der Waals surface area contributed by atoms with E-state index in [2.05, 4.69) is 51.3 Å². The zero-order valence-electron chi connectivity index (χ0n) is 49.0. The lowest BCUT2D eigenvalue weighted by Gasteiger charge is -2.31. The van der Waals surface area contributed by atoms with Crippen molar-refractivity contribution < 1.29 is 40.9 Å². The molecule has 0 spiro atoms. The maximum absolute atomic E-state index is 15.0. The maximum atomic E-state index is 15.0. The van der Waals surface area contributed by atoms with Crippen LogP contribution >= 0.6 is 0 Å². The first-order chi connectivity index (χ1) is 40.7. The van der Waals surface area contributed by atoms with Gasteiger partial charge in [-0.05, 0) is 153 Å². The second-order valence-corrected chi connectivity index (χ2v) is 23.0. The van der Waals surface area contributed by atoms with E-state index >= 15 is 0 Å². The number of halogens is 4. The first-order valence-corrected chi connectivity index (χ1v) is 30.2. The Morgan fingerprint density at radius 1 is 0.612 bits per heavy atom. The summed E-state index contributed by atoms with van der Waals surface area (Å²) in [5.74, 6) is -3.99. The predicted molar refractivity (Wildman–Crippen MR) is 322 cm³/mol. The van der Waals surface area contributed by atoms with Gasteiger partial charge in [-0.25, -0.2) is 51.9 Å². The number of rotatable bonds is 15. The fraction of sp³-hybridized carbons (Fsp3) is 0.410. The van der Waals surface area contributed by atoms with Crippen LogP contribution in [0, 0.1) is 37.1 Å². The van der Waals surface area contributed by atoms with Crippen molar-refractivity contribution in [1.82, 2.24) is 51.0 Å². The van der Waals surface area contributed by atoms with Gasteiger partial charge in [-0.3, -0.25) is 13.8 Å². The highest BCUT2D eigenvalue weighted by molar-refractivity contribution is 7.84.